The van der Waals surface area contributed by atoms with Crippen molar-refractivity contribution in [2.24, 2.45) is 0 Å². The number of aromatic nitrogens is 1. The highest BCUT2D eigenvalue weighted by Crippen LogP contribution is 2.11. The Bertz CT molecular complexity index is 339. The molecule has 0 aliphatic rings. The van der Waals surface area contributed by atoms with Gasteiger partial charge < -0.3 is 9.64 Å². The van der Waals surface area contributed by atoms with Crippen LogP contribution >= 0.6 is 0 Å². The molecule has 0 aliphatic heterocycles. The van der Waals surface area contributed by atoms with E-state index >= 15 is 0 Å². The van der Waals surface area contributed by atoms with Crippen molar-refractivity contribution in [3.05, 3.63) is 23.9 Å². The number of ether oxygens (including phenoxy) is 1. The highest BCUT2D eigenvalue weighted by Gasteiger charge is 2.05. The lowest BCUT2D eigenvalue weighted by Gasteiger charge is -2.17. The molecule has 0 N–H and O–H groups in total. The Morgan fingerprint density at radius 2 is 2.33 bits per heavy atom. The number of nitrogens with zero attached hydrogens (tertiary/aromatic N) is 2. The molecule has 1 aromatic heterocycles. The van der Waals surface area contributed by atoms with Crippen molar-refractivity contribution >= 4 is 11.6 Å². The Kier molecular flexibility index (Phi) is 4.24. The number of anilines is 1. The maximum Gasteiger partial charge on any atom is 0.159 e. The molecule has 4 heteroatoms. The third-order valence-electron chi connectivity index (χ3n) is 2.17. The predicted octanol–water partition coefficient (Wildman–Crippen LogP) is 1.37. The average Bonchev–Trinajstić information content (AvgIpc) is 2.26. The first-order valence-electron chi connectivity index (χ1n) is 4.82. The van der Waals surface area contributed by atoms with Crippen LogP contribution in [0.5, 0.6) is 0 Å². The molecule has 0 spiro atoms. The van der Waals surface area contributed by atoms with Crippen molar-refractivity contribution < 1.29 is 9.53 Å². The van der Waals surface area contributed by atoms with Gasteiger partial charge in [-0.25, -0.2) is 4.98 Å². The van der Waals surface area contributed by atoms with Crippen LogP contribution in [0.25, 0.3) is 0 Å². The number of Topliss-reactive ketones (excluding diaryl/α,β-unsaturated/α-hetero) is 1. The number of likely N-dealkylation sites (N-methyl/N-ethyl adjacent to an activating group) is 1. The molecule has 0 saturated heterocycles. The van der Waals surface area contributed by atoms with Gasteiger partial charge in [0, 0.05) is 32.5 Å². The fraction of sp³-hybridized carbons (Fsp3) is 0.455. The van der Waals surface area contributed by atoms with Gasteiger partial charge >= 0.3 is 0 Å². The summed E-state index contributed by atoms with van der Waals surface area (Å²) in [4.78, 5) is 17.3. The number of ketones is 1. The molecule has 0 unspecified atom stereocenters. The summed E-state index contributed by atoms with van der Waals surface area (Å²) in [5.74, 6) is 0.846. The van der Waals surface area contributed by atoms with E-state index in [0.29, 0.717) is 12.2 Å². The molecule has 1 rings (SSSR count). The zero-order valence-electron chi connectivity index (χ0n) is 9.36. The number of rotatable bonds is 5. The lowest BCUT2D eigenvalue weighted by atomic mass is 10.2. The van der Waals surface area contributed by atoms with Crippen LogP contribution in [0.4, 0.5) is 5.82 Å². The van der Waals surface area contributed by atoms with E-state index in [-0.39, 0.29) is 5.78 Å². The Morgan fingerprint density at radius 1 is 1.60 bits per heavy atom. The van der Waals surface area contributed by atoms with E-state index in [9.17, 15) is 4.79 Å². The van der Waals surface area contributed by atoms with Crippen molar-refractivity contribution in [1.29, 1.82) is 0 Å². The summed E-state index contributed by atoms with van der Waals surface area (Å²) >= 11 is 0. The van der Waals surface area contributed by atoms with Crippen molar-refractivity contribution in [2.45, 2.75) is 6.92 Å². The predicted molar refractivity (Wildman–Crippen MR) is 59.4 cm³/mol. The number of carbonyl (C=O) groups is 1. The van der Waals surface area contributed by atoms with Gasteiger partial charge in [0.15, 0.2) is 5.78 Å². The zero-order chi connectivity index (χ0) is 11.3. The van der Waals surface area contributed by atoms with Gasteiger partial charge in [0.05, 0.1) is 6.61 Å². The second-order valence-corrected chi connectivity index (χ2v) is 3.37. The lowest BCUT2D eigenvalue weighted by Crippen LogP contribution is -2.23. The second kappa shape index (κ2) is 5.46. The lowest BCUT2D eigenvalue weighted by molar-refractivity contribution is 0.101. The average molecular weight is 208 g/mol. The first-order chi connectivity index (χ1) is 7.15. The molecular weight excluding hydrogens is 192 g/mol. The molecule has 0 saturated carbocycles. The van der Waals surface area contributed by atoms with Gasteiger partial charge in [-0.15, -0.1) is 0 Å². The third kappa shape index (κ3) is 3.32. The van der Waals surface area contributed by atoms with E-state index in [1.807, 2.05) is 11.9 Å². The molecule has 0 amide bonds. The molecule has 0 bridgehead atoms. The highest BCUT2D eigenvalue weighted by atomic mass is 16.5. The molecular formula is C11H16N2O2. The Labute approximate surface area is 89.9 Å². The summed E-state index contributed by atoms with van der Waals surface area (Å²) in [5.41, 5.74) is 0.685. The number of carbonyl (C=O) groups excluding carboxylic acids is 1. The van der Waals surface area contributed by atoms with E-state index in [1.54, 1.807) is 32.4 Å². The minimum atomic E-state index is 0.0544. The van der Waals surface area contributed by atoms with Crippen LogP contribution in [0, 0.1) is 0 Å². The fourth-order valence-electron chi connectivity index (χ4n) is 1.19. The smallest absolute Gasteiger partial charge is 0.159 e. The van der Waals surface area contributed by atoms with Gasteiger partial charge in [0.1, 0.15) is 5.82 Å². The fourth-order valence-corrected chi connectivity index (χ4v) is 1.19. The van der Waals surface area contributed by atoms with Crippen LogP contribution in [0.1, 0.15) is 17.3 Å². The van der Waals surface area contributed by atoms with Gasteiger partial charge in [-0.2, -0.15) is 0 Å². The van der Waals surface area contributed by atoms with E-state index in [4.69, 9.17) is 4.74 Å². The van der Waals surface area contributed by atoms with Gasteiger partial charge in [-0.3, -0.25) is 4.79 Å². The Morgan fingerprint density at radius 3 is 2.93 bits per heavy atom. The van der Waals surface area contributed by atoms with Crippen molar-refractivity contribution in [2.75, 3.05) is 32.2 Å². The molecule has 1 heterocycles. The van der Waals surface area contributed by atoms with Gasteiger partial charge in [0.2, 0.25) is 0 Å². The molecule has 82 valence electrons. The summed E-state index contributed by atoms with van der Waals surface area (Å²) < 4.78 is 4.98. The monoisotopic (exact) mass is 208 g/mol. The van der Waals surface area contributed by atoms with Crippen LogP contribution in [-0.2, 0) is 4.74 Å². The van der Waals surface area contributed by atoms with Crippen LogP contribution < -0.4 is 4.90 Å². The normalized spacial score (nSPS) is 10.1. The largest absolute Gasteiger partial charge is 0.383 e. The topological polar surface area (TPSA) is 42.4 Å². The summed E-state index contributed by atoms with van der Waals surface area (Å²) in [6.45, 7) is 2.95. The molecule has 0 atom stereocenters. The zero-order valence-corrected chi connectivity index (χ0v) is 9.36. The molecule has 1 aromatic rings. The molecule has 15 heavy (non-hydrogen) atoms. The SMILES string of the molecule is COCCN(C)c1cc(C(C)=O)ccn1. The van der Waals surface area contributed by atoms with Crippen LogP contribution in [-0.4, -0.2) is 38.1 Å². The van der Waals surface area contributed by atoms with Crippen molar-refractivity contribution in [3.8, 4) is 0 Å². The van der Waals surface area contributed by atoms with Crippen molar-refractivity contribution in [1.82, 2.24) is 4.98 Å². The number of pyridine rings is 1. The van der Waals surface area contributed by atoms with E-state index in [2.05, 4.69) is 4.98 Å². The minimum absolute atomic E-state index is 0.0544. The summed E-state index contributed by atoms with van der Waals surface area (Å²) in [7, 11) is 3.58. The Hall–Kier alpha value is -1.42. The number of hydrogen-bond acceptors (Lipinski definition) is 4. The molecule has 4 nitrogen and oxygen atoms in total. The minimum Gasteiger partial charge on any atom is -0.383 e. The molecule has 0 fully saturated rings. The highest BCUT2D eigenvalue weighted by molar-refractivity contribution is 5.94. The van der Waals surface area contributed by atoms with Gasteiger partial charge in [0.25, 0.3) is 0 Å². The molecule has 0 aliphatic carbocycles. The van der Waals surface area contributed by atoms with E-state index < -0.39 is 0 Å². The van der Waals surface area contributed by atoms with E-state index in [1.165, 1.54) is 0 Å². The quantitative estimate of drug-likeness (QED) is 0.685. The van der Waals surface area contributed by atoms with Gasteiger partial charge in [-0.05, 0) is 19.1 Å². The number of hydrogen-bond donors (Lipinski definition) is 0. The van der Waals surface area contributed by atoms with Crippen LogP contribution in [0.2, 0.25) is 0 Å². The standard InChI is InChI=1S/C11H16N2O2/c1-9(14)10-4-5-12-11(8-10)13(2)6-7-15-3/h4-5,8H,6-7H2,1-3H3. The maximum atomic E-state index is 11.2. The molecule has 0 aromatic carbocycles. The third-order valence-corrected chi connectivity index (χ3v) is 2.17. The van der Waals surface area contributed by atoms with Crippen LogP contribution in [0.3, 0.4) is 0 Å². The molecule has 0 radical (unpaired) electrons. The van der Waals surface area contributed by atoms with E-state index in [0.717, 1.165) is 12.4 Å². The van der Waals surface area contributed by atoms with Gasteiger partial charge in [-0.1, -0.05) is 0 Å². The van der Waals surface area contributed by atoms with Crippen LogP contribution in [0.15, 0.2) is 18.3 Å². The van der Waals surface area contributed by atoms with Crippen molar-refractivity contribution in [3.63, 3.8) is 0 Å². The first kappa shape index (κ1) is 11.7. The summed E-state index contributed by atoms with van der Waals surface area (Å²) in [5, 5.41) is 0. The number of methoxy groups -OCH3 is 1. The summed E-state index contributed by atoms with van der Waals surface area (Å²) in [6, 6.07) is 3.51. The summed E-state index contributed by atoms with van der Waals surface area (Å²) in [6.07, 6.45) is 1.65. The second-order valence-electron chi connectivity index (χ2n) is 3.37. The Balaban J connectivity index is 2.76. The maximum absolute atomic E-state index is 11.2. The first-order valence-corrected chi connectivity index (χ1v) is 4.82.